The van der Waals surface area contributed by atoms with Crippen molar-refractivity contribution in [1.29, 1.82) is 0 Å². The Morgan fingerprint density at radius 3 is 2.65 bits per heavy atom. The number of nitrogens with zero attached hydrogens (tertiary/aromatic N) is 1. The molecule has 2 nitrogen and oxygen atoms in total. The summed E-state index contributed by atoms with van der Waals surface area (Å²) in [6, 6.07) is 0.938. The summed E-state index contributed by atoms with van der Waals surface area (Å²) in [7, 11) is 0. The van der Waals surface area contributed by atoms with Crippen LogP contribution in [0.3, 0.4) is 0 Å². The van der Waals surface area contributed by atoms with Crippen molar-refractivity contribution in [3.05, 3.63) is 0 Å². The van der Waals surface area contributed by atoms with Crippen LogP contribution >= 0.6 is 0 Å². The van der Waals surface area contributed by atoms with Crippen molar-refractivity contribution in [1.82, 2.24) is 10.2 Å². The summed E-state index contributed by atoms with van der Waals surface area (Å²) in [5.74, 6) is 1.03. The molecule has 0 bridgehead atoms. The molecule has 116 valence electrons. The van der Waals surface area contributed by atoms with E-state index < -0.39 is 0 Å². The van der Waals surface area contributed by atoms with E-state index in [1.165, 1.54) is 90.4 Å². The predicted octanol–water partition coefficient (Wildman–Crippen LogP) is 3.81. The Labute approximate surface area is 125 Å². The van der Waals surface area contributed by atoms with Gasteiger partial charge >= 0.3 is 0 Å². The molecule has 2 aliphatic heterocycles. The smallest absolute Gasteiger partial charge is 0.0124 e. The van der Waals surface area contributed by atoms with E-state index in [4.69, 9.17) is 0 Å². The first-order valence-corrected chi connectivity index (χ1v) is 9.28. The topological polar surface area (TPSA) is 15.3 Å². The van der Waals surface area contributed by atoms with Crippen molar-refractivity contribution in [2.24, 2.45) is 11.3 Å². The summed E-state index contributed by atoms with van der Waals surface area (Å²) >= 11 is 0. The highest BCUT2D eigenvalue weighted by Gasteiger charge is 2.39. The number of piperidine rings is 1. The van der Waals surface area contributed by atoms with E-state index in [0.717, 1.165) is 12.0 Å². The van der Waals surface area contributed by atoms with Gasteiger partial charge in [-0.2, -0.15) is 0 Å². The molecule has 3 rings (SSSR count). The van der Waals surface area contributed by atoms with Crippen molar-refractivity contribution in [2.75, 3.05) is 26.2 Å². The molecule has 0 spiro atoms. The summed E-state index contributed by atoms with van der Waals surface area (Å²) in [6.45, 7) is 7.66. The maximum absolute atomic E-state index is 3.69. The third-order valence-electron chi connectivity index (χ3n) is 6.24. The van der Waals surface area contributed by atoms with Crippen molar-refractivity contribution in [3.8, 4) is 0 Å². The van der Waals surface area contributed by atoms with Crippen molar-refractivity contribution in [3.63, 3.8) is 0 Å². The van der Waals surface area contributed by atoms with Crippen LogP contribution < -0.4 is 5.32 Å². The van der Waals surface area contributed by atoms with Gasteiger partial charge in [-0.1, -0.05) is 26.2 Å². The first-order valence-electron chi connectivity index (χ1n) is 9.28. The number of rotatable bonds is 5. The fraction of sp³-hybridized carbons (Fsp3) is 1.00. The van der Waals surface area contributed by atoms with E-state index in [-0.39, 0.29) is 0 Å². The molecule has 0 aromatic carbocycles. The molecular weight excluding hydrogens is 244 g/mol. The van der Waals surface area contributed by atoms with E-state index in [1.807, 2.05) is 0 Å². The average Bonchev–Trinajstić information content (AvgIpc) is 3.10. The van der Waals surface area contributed by atoms with Crippen LogP contribution in [0.25, 0.3) is 0 Å². The van der Waals surface area contributed by atoms with Crippen molar-refractivity contribution >= 4 is 0 Å². The van der Waals surface area contributed by atoms with Gasteiger partial charge < -0.3 is 5.32 Å². The highest BCUT2D eigenvalue weighted by molar-refractivity contribution is 4.94. The van der Waals surface area contributed by atoms with Gasteiger partial charge in [-0.05, 0) is 69.4 Å². The van der Waals surface area contributed by atoms with Crippen molar-refractivity contribution < 1.29 is 0 Å². The van der Waals surface area contributed by atoms with Crippen LogP contribution in [0.5, 0.6) is 0 Å². The molecule has 2 unspecified atom stereocenters. The van der Waals surface area contributed by atoms with Crippen LogP contribution in [0.15, 0.2) is 0 Å². The molecule has 0 aromatic rings. The lowest BCUT2D eigenvalue weighted by atomic mass is 9.76. The van der Waals surface area contributed by atoms with Crippen LogP contribution in [-0.4, -0.2) is 37.1 Å². The van der Waals surface area contributed by atoms with Gasteiger partial charge in [0.1, 0.15) is 0 Å². The molecule has 1 aliphatic carbocycles. The zero-order valence-electron chi connectivity index (χ0n) is 13.5. The number of hydrogen-bond donors (Lipinski definition) is 1. The Kier molecular flexibility index (Phi) is 5.04. The number of hydrogen-bond acceptors (Lipinski definition) is 2. The van der Waals surface area contributed by atoms with Crippen LogP contribution in [0, 0.1) is 11.3 Å². The maximum Gasteiger partial charge on any atom is 0.0124 e. The zero-order chi connectivity index (χ0) is 13.8. The normalized spacial score (nSPS) is 36.8. The van der Waals surface area contributed by atoms with Crippen LogP contribution in [-0.2, 0) is 0 Å². The first-order chi connectivity index (χ1) is 9.83. The molecule has 1 saturated carbocycles. The first kappa shape index (κ1) is 14.8. The van der Waals surface area contributed by atoms with E-state index >= 15 is 0 Å². The molecule has 0 aromatic heterocycles. The SMILES string of the molecule is CCCC1(CN2CCCC2C2CCCC2)CCCNC1. The Morgan fingerprint density at radius 2 is 1.95 bits per heavy atom. The van der Waals surface area contributed by atoms with Crippen LogP contribution in [0.4, 0.5) is 0 Å². The summed E-state index contributed by atoms with van der Waals surface area (Å²) in [5, 5.41) is 3.69. The Hall–Kier alpha value is -0.0800. The molecule has 2 atom stereocenters. The lowest BCUT2D eigenvalue weighted by molar-refractivity contribution is 0.0804. The molecule has 3 fully saturated rings. The average molecular weight is 278 g/mol. The molecular formula is C18H34N2. The van der Waals surface area contributed by atoms with Crippen LogP contribution in [0.1, 0.15) is 71.1 Å². The minimum atomic E-state index is 0.591. The van der Waals surface area contributed by atoms with Crippen molar-refractivity contribution in [2.45, 2.75) is 77.2 Å². The molecule has 3 aliphatic rings. The second-order valence-electron chi connectivity index (χ2n) is 7.75. The molecule has 1 N–H and O–H groups in total. The number of nitrogens with one attached hydrogen (secondary N) is 1. The fourth-order valence-electron chi connectivity index (χ4n) is 5.34. The summed E-state index contributed by atoms with van der Waals surface area (Å²) in [6.07, 6.45) is 14.6. The van der Waals surface area contributed by atoms with Crippen LogP contribution in [0.2, 0.25) is 0 Å². The fourth-order valence-corrected chi connectivity index (χ4v) is 5.34. The third-order valence-corrected chi connectivity index (χ3v) is 6.24. The van der Waals surface area contributed by atoms with Gasteiger partial charge in [0.05, 0.1) is 0 Å². The maximum atomic E-state index is 3.69. The highest BCUT2D eigenvalue weighted by atomic mass is 15.2. The second-order valence-corrected chi connectivity index (χ2v) is 7.75. The minimum Gasteiger partial charge on any atom is -0.316 e. The molecule has 0 amide bonds. The zero-order valence-corrected chi connectivity index (χ0v) is 13.5. The Balaban J connectivity index is 1.64. The molecule has 20 heavy (non-hydrogen) atoms. The predicted molar refractivity (Wildman–Crippen MR) is 86.0 cm³/mol. The summed E-state index contributed by atoms with van der Waals surface area (Å²) in [4.78, 5) is 2.92. The van der Waals surface area contributed by atoms with E-state index in [9.17, 15) is 0 Å². The minimum absolute atomic E-state index is 0.591. The standard InChI is InChI=1S/C18H34N2/c1-2-10-18(11-6-12-19-14-18)15-20-13-5-9-17(20)16-7-3-4-8-16/h16-17,19H,2-15H2,1H3. The van der Waals surface area contributed by atoms with Gasteiger partial charge in [0.25, 0.3) is 0 Å². The van der Waals surface area contributed by atoms with Gasteiger partial charge in [0, 0.05) is 19.1 Å². The van der Waals surface area contributed by atoms with Gasteiger partial charge in [-0.15, -0.1) is 0 Å². The Bertz CT molecular complexity index is 284. The van der Waals surface area contributed by atoms with Gasteiger partial charge in [-0.3, -0.25) is 4.90 Å². The monoisotopic (exact) mass is 278 g/mol. The molecule has 2 heterocycles. The van der Waals surface area contributed by atoms with Gasteiger partial charge in [0.15, 0.2) is 0 Å². The number of likely N-dealkylation sites (tertiary alicyclic amines) is 1. The van der Waals surface area contributed by atoms with Gasteiger partial charge in [0.2, 0.25) is 0 Å². The van der Waals surface area contributed by atoms with E-state index in [0.29, 0.717) is 5.41 Å². The second kappa shape index (κ2) is 6.79. The lowest BCUT2D eigenvalue weighted by Gasteiger charge is -2.43. The Morgan fingerprint density at radius 1 is 1.10 bits per heavy atom. The molecule has 2 saturated heterocycles. The van der Waals surface area contributed by atoms with E-state index in [2.05, 4.69) is 17.1 Å². The lowest BCUT2D eigenvalue weighted by Crippen LogP contribution is -2.49. The molecule has 0 radical (unpaired) electrons. The largest absolute Gasteiger partial charge is 0.316 e. The van der Waals surface area contributed by atoms with Gasteiger partial charge in [-0.25, -0.2) is 0 Å². The highest BCUT2D eigenvalue weighted by Crippen LogP contribution is 2.39. The third kappa shape index (κ3) is 3.22. The quantitative estimate of drug-likeness (QED) is 0.822. The summed E-state index contributed by atoms with van der Waals surface area (Å²) < 4.78 is 0. The van der Waals surface area contributed by atoms with E-state index in [1.54, 1.807) is 0 Å². The molecule has 2 heteroatoms. The summed E-state index contributed by atoms with van der Waals surface area (Å²) in [5.41, 5.74) is 0.591.